The summed E-state index contributed by atoms with van der Waals surface area (Å²) in [6, 6.07) is 0. The molecule has 1 aromatic rings. The van der Waals surface area contributed by atoms with Crippen LogP contribution in [-0.2, 0) is 17.8 Å². The number of nitrogens with zero attached hydrogens (tertiary/aromatic N) is 4. The van der Waals surface area contributed by atoms with Crippen molar-refractivity contribution in [1.82, 2.24) is 15.0 Å². The summed E-state index contributed by atoms with van der Waals surface area (Å²) in [7, 11) is 0. The van der Waals surface area contributed by atoms with E-state index in [4.69, 9.17) is 11.7 Å². The third kappa shape index (κ3) is 11.1. The SMILES string of the molecule is C#[N+]CCn1cc(CCCCCCCCCSCCC(=O)O)nn1. The molecule has 0 fully saturated rings. The van der Waals surface area contributed by atoms with Crippen LogP contribution in [0, 0.1) is 6.57 Å². The maximum absolute atomic E-state index is 10.4. The number of carboxylic acids is 1. The van der Waals surface area contributed by atoms with E-state index in [2.05, 4.69) is 15.2 Å². The number of rotatable bonds is 15. The quantitative estimate of drug-likeness (QED) is 0.487. The van der Waals surface area contributed by atoms with Crippen molar-refractivity contribution in [2.75, 3.05) is 18.1 Å². The van der Waals surface area contributed by atoms with E-state index >= 15 is 0 Å². The van der Waals surface area contributed by atoms with Gasteiger partial charge >= 0.3 is 5.97 Å². The Kier molecular flexibility index (Phi) is 11.8. The van der Waals surface area contributed by atoms with E-state index in [-0.39, 0.29) is 6.42 Å². The first kappa shape index (κ1) is 20.5. The average molecular weight is 354 g/mol. The highest BCUT2D eigenvalue weighted by atomic mass is 32.2. The van der Waals surface area contributed by atoms with Gasteiger partial charge in [-0.1, -0.05) is 42.2 Å². The van der Waals surface area contributed by atoms with Gasteiger partial charge in [-0.2, -0.15) is 11.8 Å². The van der Waals surface area contributed by atoms with E-state index in [1.54, 1.807) is 16.4 Å². The van der Waals surface area contributed by atoms with Crippen molar-refractivity contribution in [2.24, 2.45) is 0 Å². The largest absolute Gasteiger partial charge is 0.481 e. The fraction of sp³-hybridized carbons (Fsp3) is 0.765. The zero-order valence-electron chi connectivity index (χ0n) is 14.4. The monoisotopic (exact) mass is 353 g/mol. The van der Waals surface area contributed by atoms with Crippen LogP contribution in [0.3, 0.4) is 0 Å². The molecule has 1 rings (SSSR count). The summed E-state index contributed by atoms with van der Waals surface area (Å²) in [4.78, 5) is 13.9. The topological polar surface area (TPSA) is 72.4 Å². The molecule has 7 heteroatoms. The Labute approximate surface area is 148 Å². The lowest BCUT2D eigenvalue weighted by molar-refractivity contribution is -0.136. The van der Waals surface area contributed by atoms with Crippen LogP contribution in [0.15, 0.2) is 6.20 Å². The van der Waals surface area contributed by atoms with Gasteiger partial charge < -0.3 is 5.11 Å². The Morgan fingerprint density at radius 2 is 1.88 bits per heavy atom. The van der Waals surface area contributed by atoms with E-state index in [0.29, 0.717) is 13.1 Å². The zero-order valence-corrected chi connectivity index (χ0v) is 15.2. The molecule has 24 heavy (non-hydrogen) atoms. The number of hydrogen-bond acceptors (Lipinski definition) is 4. The molecule has 0 saturated heterocycles. The lowest BCUT2D eigenvalue weighted by Crippen LogP contribution is -2.00. The fourth-order valence-corrected chi connectivity index (χ4v) is 3.31. The summed E-state index contributed by atoms with van der Waals surface area (Å²) < 4.78 is 1.79. The minimum absolute atomic E-state index is 0.279. The van der Waals surface area contributed by atoms with Gasteiger partial charge in [-0.25, -0.2) is 4.68 Å². The number of aromatic nitrogens is 3. The minimum Gasteiger partial charge on any atom is -0.481 e. The average Bonchev–Trinajstić information content (AvgIpc) is 3.01. The lowest BCUT2D eigenvalue weighted by Gasteiger charge is -2.02. The molecule has 1 heterocycles. The maximum atomic E-state index is 10.4. The lowest BCUT2D eigenvalue weighted by atomic mass is 10.1. The molecule has 0 aliphatic rings. The summed E-state index contributed by atoms with van der Waals surface area (Å²) in [6.07, 6.45) is 11.9. The number of thioether (sulfide) groups is 1. The van der Waals surface area contributed by atoms with E-state index < -0.39 is 5.97 Å². The second kappa shape index (κ2) is 13.8. The number of aryl methyl sites for hydroxylation is 1. The molecule has 1 N–H and O–H groups in total. The smallest absolute Gasteiger partial charge is 0.304 e. The Morgan fingerprint density at radius 1 is 1.17 bits per heavy atom. The Morgan fingerprint density at radius 3 is 2.58 bits per heavy atom. The highest BCUT2D eigenvalue weighted by Crippen LogP contribution is 2.12. The van der Waals surface area contributed by atoms with Crippen molar-refractivity contribution in [3.63, 3.8) is 0 Å². The van der Waals surface area contributed by atoms with Gasteiger partial charge in [0.2, 0.25) is 0 Å². The minimum atomic E-state index is -0.698. The van der Waals surface area contributed by atoms with Crippen LogP contribution in [0.1, 0.15) is 57.1 Å². The molecule has 0 unspecified atom stereocenters. The number of hydrogen-bond donors (Lipinski definition) is 1. The van der Waals surface area contributed by atoms with Crippen LogP contribution in [-0.4, -0.2) is 44.1 Å². The highest BCUT2D eigenvalue weighted by molar-refractivity contribution is 7.99. The van der Waals surface area contributed by atoms with Crippen molar-refractivity contribution in [1.29, 1.82) is 0 Å². The molecule has 134 valence electrons. The number of carbonyl (C=O) groups is 1. The van der Waals surface area contributed by atoms with Crippen LogP contribution in [0.5, 0.6) is 0 Å². The van der Waals surface area contributed by atoms with E-state index in [0.717, 1.165) is 30.0 Å². The van der Waals surface area contributed by atoms with Gasteiger partial charge in [-0.05, 0) is 25.0 Å². The summed E-state index contributed by atoms with van der Waals surface area (Å²) in [5.41, 5.74) is 1.05. The number of unbranched alkanes of at least 4 members (excludes halogenated alkanes) is 6. The molecule has 1 aromatic heterocycles. The van der Waals surface area contributed by atoms with Crippen LogP contribution < -0.4 is 0 Å². The first-order chi connectivity index (χ1) is 11.7. The third-order valence-corrected chi connectivity index (χ3v) is 4.80. The summed E-state index contributed by atoms with van der Waals surface area (Å²) in [5.74, 6) is 1.12. The predicted molar refractivity (Wildman–Crippen MR) is 98.8 cm³/mol. The zero-order chi connectivity index (χ0) is 17.5. The number of aliphatic carboxylic acids is 1. The van der Waals surface area contributed by atoms with Gasteiger partial charge in [0.15, 0.2) is 0 Å². The van der Waals surface area contributed by atoms with Crippen molar-refractivity contribution in [3.05, 3.63) is 16.7 Å². The summed E-state index contributed by atoms with van der Waals surface area (Å²) >= 11 is 1.75. The Bertz CT molecular complexity index is 499. The van der Waals surface area contributed by atoms with Crippen LogP contribution in [0.2, 0.25) is 0 Å². The summed E-state index contributed by atoms with van der Waals surface area (Å²) in [6.45, 7) is 6.38. The van der Waals surface area contributed by atoms with Gasteiger partial charge in [-0.15, -0.1) is 5.10 Å². The molecule has 6 nitrogen and oxygen atoms in total. The van der Waals surface area contributed by atoms with Crippen molar-refractivity contribution in [2.45, 2.75) is 64.3 Å². The van der Waals surface area contributed by atoms with Crippen LogP contribution in [0.25, 0.3) is 4.85 Å². The fourth-order valence-electron chi connectivity index (χ4n) is 2.38. The van der Waals surface area contributed by atoms with Gasteiger partial charge in [0.05, 0.1) is 12.1 Å². The Hall–Kier alpha value is -1.55. The van der Waals surface area contributed by atoms with Crippen molar-refractivity contribution >= 4 is 17.7 Å². The summed E-state index contributed by atoms with van der Waals surface area (Å²) in [5, 5.41) is 16.7. The molecule has 0 bridgehead atoms. The van der Waals surface area contributed by atoms with Crippen LogP contribution >= 0.6 is 11.8 Å². The normalized spacial score (nSPS) is 10.6. The third-order valence-electron chi connectivity index (χ3n) is 3.73. The molecule has 0 amide bonds. The first-order valence-corrected chi connectivity index (χ1v) is 9.93. The maximum Gasteiger partial charge on any atom is 0.304 e. The second-order valence-electron chi connectivity index (χ2n) is 5.86. The van der Waals surface area contributed by atoms with E-state index in [9.17, 15) is 4.79 Å². The van der Waals surface area contributed by atoms with Gasteiger partial charge in [0.25, 0.3) is 13.1 Å². The molecule has 0 aliphatic carbocycles. The predicted octanol–water partition coefficient (Wildman–Crippen LogP) is 3.72. The molecule has 0 aliphatic heterocycles. The first-order valence-electron chi connectivity index (χ1n) is 8.77. The van der Waals surface area contributed by atoms with Crippen molar-refractivity contribution < 1.29 is 9.90 Å². The molecule has 0 spiro atoms. The van der Waals surface area contributed by atoms with E-state index in [1.165, 1.54) is 38.5 Å². The Balaban J connectivity index is 1.86. The highest BCUT2D eigenvalue weighted by Gasteiger charge is 2.02. The number of carboxylic acid groups (broad SMARTS) is 1. The molecule has 0 atom stereocenters. The second-order valence-corrected chi connectivity index (χ2v) is 7.08. The van der Waals surface area contributed by atoms with E-state index in [1.807, 2.05) is 6.20 Å². The standard InChI is InChI=1S/C17H28N4O2S/c1-18-11-12-21-15-16(19-20-21)9-7-5-3-2-4-6-8-13-24-14-10-17(22)23/h1,15H,2-14H2/p+1. The van der Waals surface area contributed by atoms with Crippen LogP contribution in [0.4, 0.5) is 0 Å². The van der Waals surface area contributed by atoms with Crippen molar-refractivity contribution in [3.8, 4) is 6.57 Å². The molecule has 0 aromatic carbocycles. The van der Waals surface area contributed by atoms with Gasteiger partial charge in [-0.3, -0.25) is 4.79 Å². The molecular weight excluding hydrogens is 324 g/mol. The van der Waals surface area contributed by atoms with Gasteiger partial charge in [0, 0.05) is 11.9 Å². The van der Waals surface area contributed by atoms with Gasteiger partial charge in [0.1, 0.15) is 6.54 Å². The molecular formula is C17H29N4O2S+. The molecule has 0 saturated carbocycles. The molecule has 0 radical (unpaired) electrons.